The molecule has 1 fully saturated rings. The lowest BCUT2D eigenvalue weighted by atomic mass is 10.0. The quantitative estimate of drug-likeness (QED) is 0.820. The number of carbonyl (C=O) groups is 1. The van der Waals surface area contributed by atoms with Gasteiger partial charge in [0.05, 0.1) is 0 Å². The van der Waals surface area contributed by atoms with Crippen LogP contribution in [-0.2, 0) is 4.79 Å². The molecule has 0 aliphatic heterocycles. The number of pyridine rings is 1. The fraction of sp³-hybridized carbons (Fsp3) is 0.538. The summed E-state index contributed by atoms with van der Waals surface area (Å²) >= 11 is 5.77. The van der Waals surface area contributed by atoms with Gasteiger partial charge in [-0.2, -0.15) is 0 Å². The van der Waals surface area contributed by atoms with Gasteiger partial charge in [-0.25, -0.2) is 4.98 Å². The number of amides is 1. The van der Waals surface area contributed by atoms with Gasteiger partial charge >= 0.3 is 0 Å². The first kappa shape index (κ1) is 12.4. The lowest BCUT2D eigenvalue weighted by Crippen LogP contribution is -2.18. The zero-order valence-corrected chi connectivity index (χ0v) is 11.3. The van der Waals surface area contributed by atoms with Gasteiger partial charge < -0.3 is 5.32 Å². The first-order valence-electron chi connectivity index (χ1n) is 5.70. The van der Waals surface area contributed by atoms with Crippen LogP contribution in [-0.4, -0.2) is 10.9 Å². The van der Waals surface area contributed by atoms with E-state index in [2.05, 4.69) is 38.0 Å². The average molecular weight is 253 g/mol. The topological polar surface area (TPSA) is 42.0 Å². The second-order valence-electron chi connectivity index (χ2n) is 5.71. The third kappa shape index (κ3) is 1.93. The van der Waals surface area contributed by atoms with Gasteiger partial charge in [-0.05, 0) is 23.0 Å². The Morgan fingerprint density at radius 1 is 1.29 bits per heavy atom. The number of hydrogen-bond donors (Lipinski definition) is 1. The molecule has 1 aromatic heterocycles. The highest BCUT2D eigenvalue weighted by molar-refractivity contribution is 6.29. The molecular weight excluding hydrogens is 236 g/mol. The van der Waals surface area contributed by atoms with Crippen LogP contribution < -0.4 is 5.32 Å². The molecule has 0 saturated heterocycles. The average Bonchev–Trinajstić information content (AvgIpc) is 2.56. The predicted molar refractivity (Wildman–Crippen MR) is 68.9 cm³/mol. The molecule has 1 aliphatic rings. The fourth-order valence-electron chi connectivity index (χ4n) is 2.53. The van der Waals surface area contributed by atoms with Crippen LogP contribution in [0.4, 0.5) is 5.82 Å². The van der Waals surface area contributed by atoms with Gasteiger partial charge in [0.25, 0.3) is 0 Å². The molecule has 1 amide bonds. The smallest absolute Gasteiger partial charge is 0.229 e. The van der Waals surface area contributed by atoms with Crippen molar-refractivity contribution in [2.24, 2.45) is 16.7 Å². The molecule has 0 atom stereocenters. The molecule has 0 aromatic carbocycles. The Balaban J connectivity index is 2.10. The van der Waals surface area contributed by atoms with Crippen molar-refractivity contribution in [2.75, 3.05) is 5.32 Å². The molecule has 1 aliphatic carbocycles. The SMILES string of the molecule is CC1(C)C(C(=O)Nc2cccc(Cl)n2)C1(C)C. The predicted octanol–water partition coefficient (Wildman–Crippen LogP) is 3.36. The third-order valence-corrected chi connectivity index (χ3v) is 4.46. The van der Waals surface area contributed by atoms with E-state index in [1.165, 1.54) is 0 Å². The molecule has 1 N–H and O–H groups in total. The Kier molecular flexibility index (Phi) is 2.69. The Morgan fingerprint density at radius 2 is 1.88 bits per heavy atom. The largest absolute Gasteiger partial charge is 0.310 e. The number of nitrogens with zero attached hydrogens (tertiary/aromatic N) is 1. The van der Waals surface area contributed by atoms with Crippen molar-refractivity contribution in [2.45, 2.75) is 27.7 Å². The van der Waals surface area contributed by atoms with Gasteiger partial charge in [0.15, 0.2) is 0 Å². The molecule has 0 bridgehead atoms. The van der Waals surface area contributed by atoms with E-state index in [4.69, 9.17) is 11.6 Å². The summed E-state index contributed by atoms with van der Waals surface area (Å²) in [5.41, 5.74) is 0.0747. The Labute approximate surface area is 107 Å². The van der Waals surface area contributed by atoms with Crippen LogP contribution in [0.1, 0.15) is 27.7 Å². The number of halogens is 1. The summed E-state index contributed by atoms with van der Waals surface area (Å²) in [6, 6.07) is 5.20. The van der Waals surface area contributed by atoms with Crippen molar-refractivity contribution in [1.82, 2.24) is 4.98 Å². The van der Waals surface area contributed by atoms with E-state index in [9.17, 15) is 4.79 Å². The van der Waals surface area contributed by atoms with E-state index < -0.39 is 0 Å². The summed E-state index contributed by atoms with van der Waals surface area (Å²) in [7, 11) is 0. The summed E-state index contributed by atoms with van der Waals surface area (Å²) in [6.07, 6.45) is 0. The minimum Gasteiger partial charge on any atom is -0.310 e. The minimum atomic E-state index is 0.0229. The zero-order chi connectivity index (χ0) is 12.8. The van der Waals surface area contributed by atoms with Gasteiger partial charge in [0, 0.05) is 5.92 Å². The van der Waals surface area contributed by atoms with Crippen LogP contribution in [0.2, 0.25) is 5.15 Å². The maximum absolute atomic E-state index is 12.1. The monoisotopic (exact) mass is 252 g/mol. The van der Waals surface area contributed by atoms with E-state index >= 15 is 0 Å². The number of aromatic nitrogens is 1. The van der Waals surface area contributed by atoms with E-state index in [1.807, 2.05) is 0 Å². The highest BCUT2D eigenvalue weighted by Gasteiger charge is 2.68. The summed E-state index contributed by atoms with van der Waals surface area (Å²) in [4.78, 5) is 16.2. The second kappa shape index (κ2) is 3.70. The molecule has 0 unspecified atom stereocenters. The number of rotatable bonds is 2. The number of anilines is 1. The van der Waals surface area contributed by atoms with Crippen LogP contribution in [0.25, 0.3) is 0 Å². The highest BCUT2D eigenvalue weighted by Crippen LogP contribution is 2.68. The molecule has 1 heterocycles. The summed E-state index contributed by atoms with van der Waals surface area (Å²) in [6.45, 7) is 8.45. The Hall–Kier alpha value is -1.09. The molecule has 92 valence electrons. The summed E-state index contributed by atoms with van der Waals surface area (Å²) in [5.74, 6) is 0.562. The van der Waals surface area contributed by atoms with Gasteiger partial charge in [-0.1, -0.05) is 45.4 Å². The number of hydrogen-bond acceptors (Lipinski definition) is 2. The van der Waals surface area contributed by atoms with Gasteiger partial charge in [-0.15, -0.1) is 0 Å². The van der Waals surface area contributed by atoms with Gasteiger partial charge in [-0.3, -0.25) is 4.79 Å². The highest BCUT2D eigenvalue weighted by atomic mass is 35.5. The maximum atomic E-state index is 12.1. The number of nitrogens with one attached hydrogen (secondary N) is 1. The van der Waals surface area contributed by atoms with Crippen molar-refractivity contribution >= 4 is 23.3 Å². The van der Waals surface area contributed by atoms with Crippen molar-refractivity contribution in [3.63, 3.8) is 0 Å². The summed E-state index contributed by atoms with van der Waals surface area (Å²) < 4.78 is 0. The molecule has 0 radical (unpaired) electrons. The maximum Gasteiger partial charge on any atom is 0.229 e. The fourth-order valence-corrected chi connectivity index (χ4v) is 2.69. The normalized spacial score (nSPS) is 21.0. The molecule has 1 aromatic rings. The van der Waals surface area contributed by atoms with E-state index in [0.717, 1.165) is 0 Å². The molecule has 1 saturated carbocycles. The Bertz CT molecular complexity index is 454. The van der Waals surface area contributed by atoms with Crippen molar-refractivity contribution in [1.29, 1.82) is 0 Å². The first-order chi connectivity index (χ1) is 7.76. The second-order valence-corrected chi connectivity index (χ2v) is 6.10. The van der Waals surface area contributed by atoms with E-state index in [-0.39, 0.29) is 22.7 Å². The molecule has 17 heavy (non-hydrogen) atoms. The lowest BCUT2D eigenvalue weighted by molar-refractivity contribution is -0.118. The lowest BCUT2D eigenvalue weighted by Gasteiger charge is -2.05. The van der Waals surface area contributed by atoms with Crippen molar-refractivity contribution in [3.05, 3.63) is 23.4 Å². The van der Waals surface area contributed by atoms with Gasteiger partial charge in [0.2, 0.25) is 5.91 Å². The Morgan fingerprint density at radius 3 is 2.35 bits per heavy atom. The molecule has 4 heteroatoms. The van der Waals surface area contributed by atoms with Crippen molar-refractivity contribution in [3.8, 4) is 0 Å². The van der Waals surface area contributed by atoms with Crippen LogP contribution in [0.3, 0.4) is 0 Å². The van der Waals surface area contributed by atoms with Crippen molar-refractivity contribution < 1.29 is 4.79 Å². The first-order valence-corrected chi connectivity index (χ1v) is 6.08. The van der Waals surface area contributed by atoms with Crippen LogP contribution in [0.15, 0.2) is 18.2 Å². The van der Waals surface area contributed by atoms with E-state index in [0.29, 0.717) is 11.0 Å². The van der Waals surface area contributed by atoms with Gasteiger partial charge in [0.1, 0.15) is 11.0 Å². The third-order valence-electron chi connectivity index (χ3n) is 4.25. The van der Waals surface area contributed by atoms with Crippen LogP contribution >= 0.6 is 11.6 Å². The molecular formula is C13H17ClN2O. The zero-order valence-electron chi connectivity index (χ0n) is 10.5. The van der Waals surface area contributed by atoms with E-state index in [1.54, 1.807) is 18.2 Å². The number of carbonyl (C=O) groups excluding carboxylic acids is 1. The van der Waals surface area contributed by atoms with Crippen LogP contribution in [0, 0.1) is 16.7 Å². The standard InChI is InChI=1S/C13H17ClN2O/c1-12(2)10(13(12,3)4)11(17)16-9-7-5-6-8(14)15-9/h5-7,10H,1-4H3,(H,15,16,17). The van der Waals surface area contributed by atoms with Crippen LogP contribution in [0.5, 0.6) is 0 Å². The molecule has 3 nitrogen and oxygen atoms in total. The minimum absolute atomic E-state index is 0.0229. The summed E-state index contributed by atoms with van der Waals surface area (Å²) in [5, 5.41) is 3.21. The molecule has 2 rings (SSSR count). The molecule has 0 spiro atoms.